The number of halogens is 1. The molecule has 1 saturated carbocycles. The number of hydrogen-bond acceptors (Lipinski definition) is 2. The Kier molecular flexibility index (Phi) is 2.66. The topological polar surface area (TPSA) is 29.5 Å². The van der Waals surface area contributed by atoms with Crippen LogP contribution in [0.2, 0.25) is 5.02 Å². The predicted molar refractivity (Wildman–Crippen MR) is 56.0 cm³/mol. The lowest BCUT2D eigenvalue weighted by Crippen LogP contribution is -2.28. The van der Waals surface area contributed by atoms with Crippen LogP contribution >= 0.6 is 11.6 Å². The van der Waals surface area contributed by atoms with Gasteiger partial charge in [0.15, 0.2) is 0 Å². The van der Waals surface area contributed by atoms with Crippen LogP contribution in [0.15, 0.2) is 18.2 Å². The van der Waals surface area contributed by atoms with Crippen molar-refractivity contribution in [2.45, 2.75) is 24.9 Å². The van der Waals surface area contributed by atoms with Crippen LogP contribution in [0.5, 0.6) is 5.75 Å². The van der Waals surface area contributed by atoms with Crippen LogP contribution in [0.4, 0.5) is 0 Å². The van der Waals surface area contributed by atoms with Crippen LogP contribution in [0, 0.1) is 0 Å². The van der Waals surface area contributed by atoms with Gasteiger partial charge in [0.05, 0.1) is 18.2 Å². The summed E-state index contributed by atoms with van der Waals surface area (Å²) in [7, 11) is 1.60. The van der Waals surface area contributed by atoms with E-state index in [1.807, 2.05) is 18.2 Å². The average molecular weight is 213 g/mol. The summed E-state index contributed by atoms with van der Waals surface area (Å²) in [5.41, 5.74) is 1.12. The van der Waals surface area contributed by atoms with Crippen molar-refractivity contribution in [3.8, 4) is 5.75 Å². The highest BCUT2D eigenvalue weighted by Gasteiger charge is 2.30. The molecule has 1 N–H and O–H groups in total. The third kappa shape index (κ3) is 1.60. The minimum atomic E-state index is -0.194. The van der Waals surface area contributed by atoms with Gasteiger partial charge in [-0.15, -0.1) is 0 Å². The van der Waals surface area contributed by atoms with Gasteiger partial charge in [-0.25, -0.2) is 0 Å². The molecule has 2 unspecified atom stereocenters. The van der Waals surface area contributed by atoms with Crippen LogP contribution in [-0.4, -0.2) is 18.3 Å². The third-order valence-corrected chi connectivity index (χ3v) is 3.15. The fraction of sp³-hybridized carbons (Fsp3) is 0.455. The Morgan fingerprint density at radius 3 is 2.71 bits per heavy atom. The maximum Gasteiger partial charge on any atom is 0.137 e. The van der Waals surface area contributed by atoms with Crippen LogP contribution in [0.3, 0.4) is 0 Å². The van der Waals surface area contributed by atoms with E-state index in [-0.39, 0.29) is 12.0 Å². The Hall–Kier alpha value is -0.730. The second kappa shape index (κ2) is 3.79. The number of aliphatic hydroxyl groups is 1. The molecule has 0 saturated heterocycles. The van der Waals surface area contributed by atoms with Gasteiger partial charge in [0.2, 0.25) is 0 Å². The number of hydrogen-bond donors (Lipinski definition) is 1. The van der Waals surface area contributed by atoms with Crippen LogP contribution < -0.4 is 4.74 Å². The fourth-order valence-electron chi connectivity index (χ4n) is 1.78. The summed E-state index contributed by atoms with van der Waals surface area (Å²) < 4.78 is 5.13. The first-order chi connectivity index (χ1) is 6.72. The minimum absolute atomic E-state index is 0.194. The monoisotopic (exact) mass is 212 g/mol. The van der Waals surface area contributed by atoms with Gasteiger partial charge in [-0.1, -0.05) is 17.7 Å². The van der Waals surface area contributed by atoms with Crippen molar-refractivity contribution in [1.82, 2.24) is 0 Å². The van der Waals surface area contributed by atoms with Gasteiger partial charge >= 0.3 is 0 Å². The lowest BCUT2D eigenvalue weighted by atomic mass is 9.77. The Morgan fingerprint density at radius 1 is 1.43 bits per heavy atom. The van der Waals surface area contributed by atoms with Gasteiger partial charge < -0.3 is 9.84 Å². The van der Waals surface area contributed by atoms with Crippen molar-refractivity contribution in [3.05, 3.63) is 28.8 Å². The van der Waals surface area contributed by atoms with Gasteiger partial charge in [-0.05, 0) is 30.5 Å². The van der Waals surface area contributed by atoms with E-state index in [9.17, 15) is 5.11 Å². The van der Waals surface area contributed by atoms with E-state index in [1.54, 1.807) is 7.11 Å². The number of benzene rings is 1. The number of aliphatic hydroxyl groups excluding tert-OH is 1. The Bertz CT molecular complexity index is 338. The molecule has 2 nitrogen and oxygen atoms in total. The molecular formula is C11H13ClO2. The Balaban J connectivity index is 2.26. The molecule has 14 heavy (non-hydrogen) atoms. The molecule has 3 heteroatoms. The van der Waals surface area contributed by atoms with E-state index in [2.05, 4.69) is 0 Å². The first-order valence-corrected chi connectivity index (χ1v) is 5.11. The summed E-state index contributed by atoms with van der Waals surface area (Å²) in [6.45, 7) is 0. The highest BCUT2D eigenvalue weighted by atomic mass is 35.5. The highest BCUT2D eigenvalue weighted by Crippen LogP contribution is 2.39. The Labute approximate surface area is 88.5 Å². The van der Waals surface area contributed by atoms with E-state index in [0.717, 1.165) is 18.4 Å². The van der Waals surface area contributed by atoms with Gasteiger partial charge in [0, 0.05) is 5.92 Å². The molecule has 0 aliphatic heterocycles. The molecule has 0 spiro atoms. The zero-order chi connectivity index (χ0) is 10.1. The summed E-state index contributed by atoms with van der Waals surface area (Å²) in [4.78, 5) is 0. The summed E-state index contributed by atoms with van der Waals surface area (Å²) in [6, 6.07) is 5.69. The largest absolute Gasteiger partial charge is 0.495 e. The standard InChI is InChI=1S/C11H13ClO2/c1-14-11-6-7(2-4-9(11)12)8-3-5-10(8)13/h2,4,6,8,10,13H,3,5H2,1H3. The van der Waals surface area contributed by atoms with Crippen molar-refractivity contribution in [3.63, 3.8) is 0 Å². The molecule has 1 aliphatic carbocycles. The van der Waals surface area contributed by atoms with Crippen molar-refractivity contribution >= 4 is 11.6 Å². The van der Waals surface area contributed by atoms with E-state index >= 15 is 0 Å². The molecule has 0 aromatic heterocycles. The first kappa shape index (κ1) is 9.81. The van der Waals surface area contributed by atoms with Crippen molar-refractivity contribution < 1.29 is 9.84 Å². The summed E-state index contributed by atoms with van der Waals surface area (Å²) in [5, 5.41) is 10.1. The van der Waals surface area contributed by atoms with E-state index in [0.29, 0.717) is 10.8 Å². The third-order valence-electron chi connectivity index (χ3n) is 2.84. The van der Waals surface area contributed by atoms with Gasteiger partial charge in [-0.2, -0.15) is 0 Å². The molecule has 0 amide bonds. The molecule has 76 valence electrons. The number of methoxy groups -OCH3 is 1. The van der Waals surface area contributed by atoms with Crippen LogP contribution in [-0.2, 0) is 0 Å². The second-order valence-corrected chi connectivity index (χ2v) is 4.05. The van der Waals surface area contributed by atoms with Crippen molar-refractivity contribution in [1.29, 1.82) is 0 Å². The average Bonchev–Trinajstić information content (AvgIpc) is 2.18. The summed E-state index contributed by atoms with van der Waals surface area (Å²) >= 11 is 5.91. The molecule has 0 bridgehead atoms. The SMILES string of the molecule is COc1cc(C2CCC2O)ccc1Cl. The normalized spacial score (nSPS) is 25.6. The van der Waals surface area contributed by atoms with Crippen LogP contribution in [0.25, 0.3) is 0 Å². The molecule has 1 aliphatic rings. The second-order valence-electron chi connectivity index (χ2n) is 3.65. The first-order valence-electron chi connectivity index (χ1n) is 4.74. The molecular weight excluding hydrogens is 200 g/mol. The zero-order valence-electron chi connectivity index (χ0n) is 8.03. The number of rotatable bonds is 2. The lowest BCUT2D eigenvalue weighted by molar-refractivity contribution is 0.0660. The smallest absolute Gasteiger partial charge is 0.137 e. The van der Waals surface area contributed by atoms with Gasteiger partial charge in [-0.3, -0.25) is 0 Å². The van der Waals surface area contributed by atoms with E-state index in [4.69, 9.17) is 16.3 Å². The summed E-state index contributed by atoms with van der Waals surface area (Å²) in [6.07, 6.45) is 1.75. The number of ether oxygens (including phenoxy) is 1. The predicted octanol–water partition coefficient (Wildman–Crippen LogP) is 2.59. The van der Waals surface area contributed by atoms with Gasteiger partial charge in [0.25, 0.3) is 0 Å². The van der Waals surface area contributed by atoms with Crippen molar-refractivity contribution in [2.24, 2.45) is 0 Å². The molecule has 1 aromatic carbocycles. The summed E-state index contributed by atoms with van der Waals surface area (Å²) in [5.74, 6) is 0.949. The highest BCUT2D eigenvalue weighted by molar-refractivity contribution is 6.32. The quantitative estimate of drug-likeness (QED) is 0.817. The molecule has 2 rings (SSSR count). The molecule has 1 aromatic rings. The maximum atomic E-state index is 9.52. The van der Waals surface area contributed by atoms with E-state index in [1.165, 1.54) is 0 Å². The van der Waals surface area contributed by atoms with Crippen molar-refractivity contribution in [2.75, 3.05) is 7.11 Å². The lowest BCUT2D eigenvalue weighted by Gasteiger charge is -2.32. The minimum Gasteiger partial charge on any atom is -0.495 e. The van der Waals surface area contributed by atoms with E-state index < -0.39 is 0 Å². The Morgan fingerprint density at radius 2 is 2.21 bits per heavy atom. The van der Waals surface area contributed by atoms with Crippen LogP contribution in [0.1, 0.15) is 24.3 Å². The zero-order valence-corrected chi connectivity index (χ0v) is 8.79. The molecule has 0 radical (unpaired) electrons. The van der Waals surface area contributed by atoms with Gasteiger partial charge in [0.1, 0.15) is 5.75 Å². The fourth-order valence-corrected chi connectivity index (χ4v) is 1.97. The maximum absolute atomic E-state index is 9.52. The molecule has 0 heterocycles. The molecule has 1 fully saturated rings. The molecule has 2 atom stereocenters.